The molecule has 43 heavy (non-hydrogen) atoms. The summed E-state index contributed by atoms with van der Waals surface area (Å²) in [5, 5.41) is 11.7. The maximum atomic E-state index is 12.5. The zero-order chi connectivity index (χ0) is 32.6. The van der Waals surface area contributed by atoms with Gasteiger partial charge in [-0.05, 0) is 72.8 Å². The Kier molecular flexibility index (Phi) is 15.5. The van der Waals surface area contributed by atoms with E-state index in [0.29, 0.717) is 10.9 Å². The van der Waals surface area contributed by atoms with Crippen molar-refractivity contribution in [1.29, 1.82) is 0 Å². The highest BCUT2D eigenvalue weighted by atomic mass is 16.6. The molecule has 1 aromatic rings. The first-order valence-corrected chi connectivity index (χ1v) is 14.5. The molecule has 13 heteroatoms. The number of ether oxygens (including phenoxy) is 3. The number of carboxylic acids is 1. The average Bonchev–Trinajstić information content (AvgIpc) is 2.88. The van der Waals surface area contributed by atoms with E-state index in [0.717, 1.165) is 5.56 Å². The molecule has 0 aliphatic heterocycles. The van der Waals surface area contributed by atoms with Crippen molar-refractivity contribution in [1.82, 2.24) is 10.2 Å². The lowest BCUT2D eigenvalue weighted by Gasteiger charge is -2.27. The summed E-state index contributed by atoms with van der Waals surface area (Å²) >= 11 is 0. The molecule has 0 spiro atoms. The van der Waals surface area contributed by atoms with Crippen LogP contribution in [0.3, 0.4) is 0 Å². The molecule has 0 saturated heterocycles. The standard InChI is InChI=1S/C24H36N4O8.C6H13N/c1-23(2,3)35-21(32)28(22(33)36-24(4,5)6)19(25)26-14-10-13-17(18(29)30)27-20(31)34-15-16-11-8-7-9-12-16;7-6-4-2-1-3-5-6/h7-9,11-12,17H,10,13-15H2,1-6H3,(H2,25,26)(H,27,31)(H,29,30);6H,1-5,7H2/t17-;/m0./s1. The highest BCUT2D eigenvalue weighted by molar-refractivity contribution is 6.07. The Morgan fingerprint density at radius 1 is 0.977 bits per heavy atom. The fourth-order valence-corrected chi connectivity index (χ4v) is 3.74. The van der Waals surface area contributed by atoms with Crippen molar-refractivity contribution in [3.05, 3.63) is 35.9 Å². The smallest absolute Gasteiger partial charge is 0.427 e. The number of hydrogen-bond acceptors (Lipinski definition) is 9. The zero-order valence-corrected chi connectivity index (χ0v) is 26.3. The predicted octanol–water partition coefficient (Wildman–Crippen LogP) is 4.91. The number of alkyl carbamates (subject to hydrolysis) is 1. The molecule has 1 aliphatic rings. The maximum Gasteiger partial charge on any atom is 0.427 e. The van der Waals surface area contributed by atoms with Crippen molar-refractivity contribution < 1.29 is 38.5 Å². The van der Waals surface area contributed by atoms with Gasteiger partial charge < -0.3 is 36.1 Å². The van der Waals surface area contributed by atoms with E-state index < -0.39 is 47.5 Å². The highest BCUT2D eigenvalue weighted by Crippen LogP contribution is 2.16. The molecule has 0 unspecified atom stereocenters. The van der Waals surface area contributed by atoms with Gasteiger partial charge in [0.1, 0.15) is 23.9 Å². The molecule has 242 valence electrons. The van der Waals surface area contributed by atoms with Crippen molar-refractivity contribution in [2.75, 3.05) is 6.54 Å². The van der Waals surface area contributed by atoms with Crippen molar-refractivity contribution in [3.8, 4) is 0 Å². The Morgan fingerprint density at radius 3 is 1.95 bits per heavy atom. The number of rotatable bonds is 8. The number of carbonyl (C=O) groups excluding carboxylic acids is 3. The minimum absolute atomic E-state index is 0.00851. The fourth-order valence-electron chi connectivity index (χ4n) is 3.74. The average molecular weight is 608 g/mol. The summed E-state index contributed by atoms with van der Waals surface area (Å²) in [5.41, 5.74) is 10.4. The summed E-state index contributed by atoms with van der Waals surface area (Å²) in [5.74, 6) is -1.73. The molecule has 0 heterocycles. The molecular weight excluding hydrogens is 558 g/mol. The van der Waals surface area contributed by atoms with Crippen molar-refractivity contribution in [2.45, 2.75) is 116 Å². The monoisotopic (exact) mass is 607 g/mol. The Labute approximate surface area is 254 Å². The normalized spacial score (nSPS) is 14.8. The van der Waals surface area contributed by atoms with Gasteiger partial charge in [-0.1, -0.05) is 49.6 Å². The van der Waals surface area contributed by atoms with Crippen LogP contribution in [0.1, 0.15) is 92.1 Å². The van der Waals surface area contributed by atoms with Crippen LogP contribution in [0.15, 0.2) is 35.3 Å². The van der Waals surface area contributed by atoms with Crippen LogP contribution in [0.4, 0.5) is 14.4 Å². The van der Waals surface area contributed by atoms with Gasteiger partial charge in [-0.2, -0.15) is 0 Å². The molecule has 1 fully saturated rings. The van der Waals surface area contributed by atoms with E-state index >= 15 is 0 Å². The zero-order valence-electron chi connectivity index (χ0n) is 26.3. The van der Waals surface area contributed by atoms with Crippen LogP contribution >= 0.6 is 0 Å². The number of carbonyl (C=O) groups is 4. The Hall–Kier alpha value is -3.87. The van der Waals surface area contributed by atoms with Gasteiger partial charge >= 0.3 is 24.2 Å². The molecule has 1 saturated carbocycles. The molecule has 3 amide bonds. The van der Waals surface area contributed by atoms with E-state index in [4.69, 9.17) is 25.7 Å². The lowest BCUT2D eigenvalue weighted by atomic mass is 9.97. The lowest BCUT2D eigenvalue weighted by Crippen LogP contribution is -2.50. The Morgan fingerprint density at radius 2 is 1.51 bits per heavy atom. The molecule has 1 aliphatic carbocycles. The number of amides is 3. The van der Waals surface area contributed by atoms with E-state index in [2.05, 4.69) is 10.3 Å². The number of imide groups is 1. The fraction of sp³-hybridized carbons (Fsp3) is 0.633. The highest BCUT2D eigenvalue weighted by Gasteiger charge is 2.34. The lowest BCUT2D eigenvalue weighted by molar-refractivity contribution is -0.139. The molecule has 0 aromatic heterocycles. The molecule has 2 rings (SSSR count). The van der Waals surface area contributed by atoms with Gasteiger partial charge in [0.15, 0.2) is 0 Å². The Balaban J connectivity index is 0.00000115. The third kappa shape index (κ3) is 17.0. The van der Waals surface area contributed by atoms with E-state index in [9.17, 15) is 24.3 Å². The molecule has 1 aromatic carbocycles. The van der Waals surface area contributed by atoms with Gasteiger partial charge in [-0.3, -0.25) is 4.99 Å². The number of nitrogens with one attached hydrogen (secondary N) is 1. The minimum atomic E-state index is -1.26. The van der Waals surface area contributed by atoms with Crippen molar-refractivity contribution >= 4 is 30.2 Å². The molecule has 6 N–H and O–H groups in total. The first-order chi connectivity index (χ1) is 20.0. The largest absolute Gasteiger partial charge is 0.480 e. The van der Waals surface area contributed by atoms with E-state index in [1.165, 1.54) is 32.1 Å². The Bertz CT molecular complexity index is 1030. The molecule has 0 radical (unpaired) electrons. The first-order valence-electron chi connectivity index (χ1n) is 14.5. The predicted molar refractivity (Wildman–Crippen MR) is 162 cm³/mol. The number of nitrogens with two attached hydrogens (primary N) is 2. The minimum Gasteiger partial charge on any atom is -0.480 e. The van der Waals surface area contributed by atoms with Gasteiger partial charge in [0.25, 0.3) is 0 Å². The molecule has 13 nitrogen and oxygen atoms in total. The van der Waals surface area contributed by atoms with Gasteiger partial charge in [0.2, 0.25) is 5.96 Å². The number of hydrogen-bond donors (Lipinski definition) is 4. The van der Waals surface area contributed by atoms with Gasteiger partial charge in [0, 0.05) is 12.6 Å². The number of benzene rings is 1. The van der Waals surface area contributed by atoms with Crippen LogP contribution in [-0.2, 0) is 25.6 Å². The van der Waals surface area contributed by atoms with Crippen LogP contribution < -0.4 is 16.8 Å². The van der Waals surface area contributed by atoms with Crippen LogP contribution in [-0.4, -0.2) is 70.0 Å². The second kappa shape index (κ2) is 17.9. The molecule has 1 atom stereocenters. The number of aliphatic carboxylic acids is 1. The number of carboxylic acid groups (broad SMARTS) is 1. The topological polar surface area (TPSA) is 196 Å². The third-order valence-electron chi connectivity index (χ3n) is 5.76. The number of guanidine groups is 1. The van der Waals surface area contributed by atoms with E-state index in [1.54, 1.807) is 65.8 Å². The number of nitrogens with zero attached hydrogens (tertiary/aromatic N) is 2. The van der Waals surface area contributed by atoms with Crippen molar-refractivity contribution in [2.24, 2.45) is 16.5 Å². The van der Waals surface area contributed by atoms with Crippen LogP contribution in [0.25, 0.3) is 0 Å². The first kappa shape index (κ1) is 37.2. The summed E-state index contributed by atoms with van der Waals surface area (Å²) in [6.45, 7) is 9.67. The summed E-state index contributed by atoms with van der Waals surface area (Å²) in [6.07, 6.45) is 3.80. The second-order valence-corrected chi connectivity index (χ2v) is 12.2. The molecular formula is C30H49N5O8. The number of aliphatic imine (C=N–C) groups is 1. The van der Waals surface area contributed by atoms with E-state index in [1.807, 2.05) is 6.07 Å². The molecule has 0 bridgehead atoms. The SMILES string of the molecule is CC(C)(C)OC(=O)N(C(=O)OC(C)(C)C)C(N)=NCCC[C@H](NC(=O)OCc1ccccc1)C(=O)O.NC1CCCCC1. The van der Waals surface area contributed by atoms with Crippen LogP contribution in [0.5, 0.6) is 0 Å². The van der Waals surface area contributed by atoms with Crippen molar-refractivity contribution in [3.63, 3.8) is 0 Å². The van der Waals surface area contributed by atoms with Gasteiger partial charge in [0.05, 0.1) is 0 Å². The van der Waals surface area contributed by atoms with E-state index in [-0.39, 0.29) is 26.0 Å². The summed E-state index contributed by atoms with van der Waals surface area (Å²) in [6, 6.07) is 8.22. The maximum absolute atomic E-state index is 12.5. The summed E-state index contributed by atoms with van der Waals surface area (Å²) in [7, 11) is 0. The summed E-state index contributed by atoms with van der Waals surface area (Å²) < 4.78 is 15.5. The summed E-state index contributed by atoms with van der Waals surface area (Å²) in [4.78, 5) is 53.1. The third-order valence-corrected chi connectivity index (χ3v) is 5.76. The van der Waals surface area contributed by atoms with Crippen LogP contribution in [0, 0.1) is 0 Å². The second-order valence-electron chi connectivity index (χ2n) is 12.2. The van der Waals surface area contributed by atoms with Gasteiger partial charge in [-0.15, -0.1) is 4.90 Å². The van der Waals surface area contributed by atoms with Crippen LogP contribution in [0.2, 0.25) is 0 Å². The quantitative estimate of drug-likeness (QED) is 0.136. The van der Waals surface area contributed by atoms with Gasteiger partial charge in [-0.25, -0.2) is 19.2 Å².